The summed E-state index contributed by atoms with van der Waals surface area (Å²) in [6.45, 7) is 2.97. The average Bonchev–Trinajstić information content (AvgIpc) is 2.98. The molecule has 0 aromatic carbocycles. The number of rotatable bonds is 1. The van der Waals surface area contributed by atoms with Crippen molar-refractivity contribution in [3.63, 3.8) is 0 Å². The third-order valence-electron chi connectivity index (χ3n) is 6.50. The SMILES string of the molecule is Cl.O=C1CC2(CCN(C3C[C@H]4CC[C@@H](C3)N4C(=O)O)CC2)CN1. The third kappa shape index (κ3) is 2.91. The van der Waals surface area contributed by atoms with Gasteiger partial charge in [-0.1, -0.05) is 0 Å². The van der Waals surface area contributed by atoms with E-state index in [1.165, 1.54) is 0 Å². The first-order valence-electron chi connectivity index (χ1n) is 8.58. The first-order valence-corrected chi connectivity index (χ1v) is 8.58. The molecule has 23 heavy (non-hydrogen) atoms. The minimum Gasteiger partial charge on any atom is -0.465 e. The van der Waals surface area contributed by atoms with Crippen LogP contribution >= 0.6 is 12.4 Å². The normalized spacial score (nSPS) is 35.9. The molecule has 4 heterocycles. The number of hydrogen-bond acceptors (Lipinski definition) is 3. The monoisotopic (exact) mass is 343 g/mol. The molecule has 0 aliphatic carbocycles. The van der Waals surface area contributed by atoms with E-state index in [9.17, 15) is 14.7 Å². The number of amides is 2. The highest BCUT2D eigenvalue weighted by Crippen LogP contribution is 2.42. The predicted molar refractivity (Wildman–Crippen MR) is 87.8 cm³/mol. The molecule has 2 bridgehead atoms. The summed E-state index contributed by atoms with van der Waals surface area (Å²) < 4.78 is 0. The standard InChI is InChI=1S/C16H25N3O3.ClH/c20-14-9-16(10-17-14)3-5-18(6-4-16)13-7-11-1-2-12(8-13)19(11)15(21)22;/h11-13H,1-10H2,(H,17,20)(H,21,22);1H/t11-,12+,13?;. The highest BCUT2D eigenvalue weighted by Gasteiger charge is 2.47. The lowest BCUT2D eigenvalue weighted by atomic mass is 9.77. The third-order valence-corrected chi connectivity index (χ3v) is 6.50. The van der Waals surface area contributed by atoms with Gasteiger partial charge in [0.05, 0.1) is 0 Å². The second kappa shape index (κ2) is 6.13. The number of fused-ring (bicyclic) bond motifs is 2. The number of carboxylic acid groups (broad SMARTS) is 1. The number of carbonyl (C=O) groups excluding carboxylic acids is 1. The average molecular weight is 344 g/mol. The molecular weight excluding hydrogens is 318 g/mol. The minimum absolute atomic E-state index is 0. The zero-order chi connectivity index (χ0) is 15.3. The van der Waals surface area contributed by atoms with Crippen LogP contribution in [0.5, 0.6) is 0 Å². The van der Waals surface area contributed by atoms with E-state index in [2.05, 4.69) is 10.2 Å². The van der Waals surface area contributed by atoms with Crippen molar-refractivity contribution in [3.8, 4) is 0 Å². The Morgan fingerprint density at radius 3 is 2.22 bits per heavy atom. The molecule has 6 nitrogen and oxygen atoms in total. The molecule has 4 fully saturated rings. The fourth-order valence-electron chi connectivity index (χ4n) is 5.23. The summed E-state index contributed by atoms with van der Waals surface area (Å²) in [6.07, 6.45) is 6.20. The first-order chi connectivity index (χ1) is 10.6. The molecule has 3 atom stereocenters. The Bertz CT molecular complexity index is 479. The Kier molecular flexibility index (Phi) is 4.49. The van der Waals surface area contributed by atoms with Gasteiger partial charge in [0.2, 0.25) is 5.91 Å². The van der Waals surface area contributed by atoms with Gasteiger partial charge >= 0.3 is 6.09 Å². The number of nitrogens with one attached hydrogen (secondary N) is 1. The topological polar surface area (TPSA) is 72.9 Å². The number of halogens is 1. The van der Waals surface area contributed by atoms with Crippen molar-refractivity contribution in [2.24, 2.45) is 5.41 Å². The molecule has 4 aliphatic rings. The molecule has 2 amide bonds. The fraction of sp³-hybridized carbons (Fsp3) is 0.875. The van der Waals surface area contributed by atoms with E-state index in [-0.39, 0.29) is 35.8 Å². The second-order valence-corrected chi connectivity index (χ2v) is 7.69. The Labute approximate surface area is 143 Å². The summed E-state index contributed by atoms with van der Waals surface area (Å²) in [4.78, 5) is 27.2. The van der Waals surface area contributed by atoms with Crippen LogP contribution in [0.15, 0.2) is 0 Å². The van der Waals surface area contributed by atoms with Crippen molar-refractivity contribution in [2.75, 3.05) is 19.6 Å². The minimum atomic E-state index is -0.737. The molecule has 1 unspecified atom stereocenters. The second-order valence-electron chi connectivity index (χ2n) is 7.69. The molecule has 7 heteroatoms. The number of carbonyl (C=O) groups is 2. The molecule has 0 radical (unpaired) electrons. The number of hydrogen-bond donors (Lipinski definition) is 2. The van der Waals surface area contributed by atoms with Gasteiger partial charge in [0, 0.05) is 31.1 Å². The van der Waals surface area contributed by atoms with Gasteiger partial charge in [-0.3, -0.25) is 4.79 Å². The Balaban J connectivity index is 0.00000156. The van der Waals surface area contributed by atoms with Crippen molar-refractivity contribution in [1.29, 1.82) is 0 Å². The summed E-state index contributed by atoms with van der Waals surface area (Å²) in [7, 11) is 0. The van der Waals surface area contributed by atoms with Crippen LogP contribution in [-0.2, 0) is 4.79 Å². The van der Waals surface area contributed by atoms with Crippen LogP contribution in [-0.4, -0.2) is 64.7 Å². The summed E-state index contributed by atoms with van der Waals surface area (Å²) >= 11 is 0. The molecule has 2 N–H and O–H groups in total. The highest BCUT2D eigenvalue weighted by molar-refractivity contribution is 5.85. The fourth-order valence-corrected chi connectivity index (χ4v) is 5.23. The Hall–Kier alpha value is -1.01. The zero-order valence-electron chi connectivity index (χ0n) is 13.4. The Morgan fingerprint density at radius 2 is 1.74 bits per heavy atom. The lowest BCUT2D eigenvalue weighted by molar-refractivity contribution is -0.119. The molecule has 4 aliphatic heterocycles. The van der Waals surface area contributed by atoms with E-state index < -0.39 is 6.09 Å². The lowest BCUT2D eigenvalue weighted by Gasteiger charge is -2.46. The molecular formula is C16H26ClN3O3. The maximum Gasteiger partial charge on any atom is 0.407 e. The van der Waals surface area contributed by atoms with Crippen LogP contribution in [0, 0.1) is 5.41 Å². The van der Waals surface area contributed by atoms with Gasteiger partial charge in [0.1, 0.15) is 0 Å². The van der Waals surface area contributed by atoms with Crippen molar-refractivity contribution < 1.29 is 14.7 Å². The van der Waals surface area contributed by atoms with Crippen LogP contribution in [0.2, 0.25) is 0 Å². The van der Waals surface area contributed by atoms with E-state index >= 15 is 0 Å². The van der Waals surface area contributed by atoms with Gasteiger partial charge < -0.3 is 20.2 Å². The van der Waals surface area contributed by atoms with E-state index in [0.717, 1.165) is 58.2 Å². The molecule has 4 rings (SSSR count). The van der Waals surface area contributed by atoms with Gasteiger partial charge in [-0.25, -0.2) is 4.79 Å². The molecule has 0 aromatic heterocycles. The van der Waals surface area contributed by atoms with Crippen molar-refractivity contribution in [1.82, 2.24) is 15.1 Å². The summed E-state index contributed by atoms with van der Waals surface area (Å²) in [5, 5.41) is 12.3. The van der Waals surface area contributed by atoms with E-state index in [1.54, 1.807) is 4.90 Å². The maximum atomic E-state index is 11.5. The van der Waals surface area contributed by atoms with Crippen molar-refractivity contribution >= 4 is 24.4 Å². The number of nitrogens with zero attached hydrogens (tertiary/aromatic N) is 2. The summed E-state index contributed by atoms with van der Waals surface area (Å²) in [6, 6.07) is 0.995. The summed E-state index contributed by atoms with van der Waals surface area (Å²) in [5.74, 6) is 0.210. The van der Waals surface area contributed by atoms with Gasteiger partial charge in [-0.2, -0.15) is 0 Å². The van der Waals surface area contributed by atoms with E-state index in [0.29, 0.717) is 12.5 Å². The van der Waals surface area contributed by atoms with Crippen molar-refractivity contribution in [3.05, 3.63) is 0 Å². The molecule has 0 saturated carbocycles. The van der Waals surface area contributed by atoms with Crippen LogP contribution in [0.1, 0.15) is 44.9 Å². The largest absolute Gasteiger partial charge is 0.465 e. The predicted octanol–water partition coefficient (Wildman–Crippen LogP) is 1.68. The summed E-state index contributed by atoms with van der Waals surface area (Å²) in [5.41, 5.74) is 0.203. The Morgan fingerprint density at radius 1 is 1.13 bits per heavy atom. The van der Waals surface area contributed by atoms with Gasteiger partial charge in [0.15, 0.2) is 0 Å². The van der Waals surface area contributed by atoms with Crippen LogP contribution in [0.4, 0.5) is 4.79 Å². The molecule has 0 aromatic rings. The van der Waals surface area contributed by atoms with E-state index in [4.69, 9.17) is 0 Å². The van der Waals surface area contributed by atoms with Crippen LogP contribution in [0.3, 0.4) is 0 Å². The number of piperidine rings is 2. The molecule has 1 spiro atoms. The quantitative estimate of drug-likeness (QED) is 0.760. The zero-order valence-corrected chi connectivity index (χ0v) is 14.2. The maximum absolute atomic E-state index is 11.5. The number of likely N-dealkylation sites (tertiary alicyclic amines) is 1. The van der Waals surface area contributed by atoms with Gasteiger partial charge in [-0.05, 0) is 57.0 Å². The first kappa shape index (κ1) is 16.8. The van der Waals surface area contributed by atoms with Gasteiger partial charge in [0.25, 0.3) is 0 Å². The lowest BCUT2D eigenvalue weighted by Crippen LogP contribution is -2.54. The molecule has 130 valence electrons. The van der Waals surface area contributed by atoms with Crippen LogP contribution < -0.4 is 5.32 Å². The van der Waals surface area contributed by atoms with Gasteiger partial charge in [-0.15, -0.1) is 12.4 Å². The van der Waals surface area contributed by atoms with Crippen LogP contribution in [0.25, 0.3) is 0 Å². The van der Waals surface area contributed by atoms with E-state index in [1.807, 2.05) is 0 Å². The molecule has 4 saturated heterocycles. The smallest absolute Gasteiger partial charge is 0.407 e. The van der Waals surface area contributed by atoms with Crippen molar-refractivity contribution in [2.45, 2.75) is 63.1 Å². The highest BCUT2D eigenvalue weighted by atomic mass is 35.5.